The standard InChI is InChI=1S/C10H12N4O4S3/c1-11-8-4-3-7(20(2,15)16)5-9(8)21(17,18)13-10-6-12-14-19-10/h3-6,11,13H,1-2H3. The summed E-state index contributed by atoms with van der Waals surface area (Å²) in [4.78, 5) is -0.245. The highest BCUT2D eigenvalue weighted by Crippen LogP contribution is 2.27. The van der Waals surface area contributed by atoms with Crippen LogP contribution in [0.4, 0.5) is 10.7 Å². The topological polar surface area (TPSA) is 118 Å². The van der Waals surface area contributed by atoms with Gasteiger partial charge in [0.05, 0.1) is 16.8 Å². The third-order valence-electron chi connectivity index (χ3n) is 2.54. The second-order valence-corrected chi connectivity index (χ2v) is 8.52. The summed E-state index contributed by atoms with van der Waals surface area (Å²) in [6.45, 7) is 0. The van der Waals surface area contributed by atoms with Crippen LogP contribution in [0.3, 0.4) is 0 Å². The molecule has 0 aliphatic heterocycles. The predicted molar refractivity (Wildman–Crippen MR) is 79.8 cm³/mol. The SMILES string of the molecule is CNc1ccc(S(C)(=O)=O)cc1S(=O)(=O)Nc1cnns1. The van der Waals surface area contributed by atoms with Gasteiger partial charge >= 0.3 is 0 Å². The first-order valence-electron chi connectivity index (χ1n) is 5.56. The van der Waals surface area contributed by atoms with Crippen LogP contribution in [0, 0.1) is 0 Å². The average Bonchev–Trinajstić information content (AvgIpc) is 2.89. The van der Waals surface area contributed by atoms with Gasteiger partial charge in [-0.05, 0) is 18.2 Å². The van der Waals surface area contributed by atoms with Gasteiger partial charge in [0.15, 0.2) is 9.84 Å². The normalized spacial score (nSPS) is 12.1. The maximum atomic E-state index is 12.4. The minimum Gasteiger partial charge on any atom is -0.387 e. The van der Waals surface area contributed by atoms with Crippen LogP contribution in [0.2, 0.25) is 0 Å². The summed E-state index contributed by atoms with van der Waals surface area (Å²) in [5.74, 6) is 0. The van der Waals surface area contributed by atoms with Gasteiger partial charge in [-0.2, -0.15) is 0 Å². The third-order valence-corrected chi connectivity index (χ3v) is 5.76. The van der Waals surface area contributed by atoms with E-state index in [4.69, 9.17) is 0 Å². The molecule has 11 heteroatoms. The molecule has 0 radical (unpaired) electrons. The lowest BCUT2D eigenvalue weighted by Crippen LogP contribution is -2.15. The number of aromatic nitrogens is 2. The van der Waals surface area contributed by atoms with Gasteiger partial charge < -0.3 is 5.32 Å². The molecule has 0 bridgehead atoms. The molecule has 1 aromatic heterocycles. The molecule has 0 spiro atoms. The van der Waals surface area contributed by atoms with Crippen LogP contribution in [0.1, 0.15) is 0 Å². The molecule has 0 aliphatic carbocycles. The van der Waals surface area contributed by atoms with Crippen LogP contribution in [-0.4, -0.2) is 39.7 Å². The predicted octanol–water partition coefficient (Wildman–Crippen LogP) is 0.784. The zero-order chi connectivity index (χ0) is 15.7. The van der Waals surface area contributed by atoms with E-state index >= 15 is 0 Å². The van der Waals surface area contributed by atoms with E-state index in [2.05, 4.69) is 19.6 Å². The van der Waals surface area contributed by atoms with Gasteiger partial charge in [0.25, 0.3) is 10.0 Å². The minimum absolute atomic E-state index is 0.0793. The lowest BCUT2D eigenvalue weighted by Gasteiger charge is -2.12. The largest absolute Gasteiger partial charge is 0.387 e. The summed E-state index contributed by atoms with van der Waals surface area (Å²) in [6, 6.07) is 3.85. The van der Waals surface area contributed by atoms with Crippen LogP contribution >= 0.6 is 11.5 Å². The molecule has 0 fully saturated rings. The van der Waals surface area contributed by atoms with E-state index in [1.165, 1.54) is 18.3 Å². The lowest BCUT2D eigenvalue weighted by atomic mass is 10.3. The van der Waals surface area contributed by atoms with Gasteiger partial charge in [0.2, 0.25) is 0 Å². The molecule has 2 N–H and O–H groups in total. The van der Waals surface area contributed by atoms with Gasteiger partial charge in [0, 0.05) is 24.8 Å². The number of anilines is 2. The Balaban J connectivity index is 2.55. The average molecular weight is 348 g/mol. The number of hydrogen-bond donors (Lipinski definition) is 2. The Labute approximate surface area is 126 Å². The first-order valence-corrected chi connectivity index (χ1v) is 9.71. The Bertz CT molecular complexity index is 844. The first-order chi connectivity index (χ1) is 9.74. The maximum Gasteiger partial charge on any atom is 0.264 e. The highest BCUT2D eigenvalue weighted by atomic mass is 32.2. The molecule has 0 saturated carbocycles. The van der Waals surface area contributed by atoms with E-state index in [0.29, 0.717) is 0 Å². The number of nitrogens with zero attached hydrogens (tertiary/aromatic N) is 2. The molecular weight excluding hydrogens is 336 g/mol. The highest BCUT2D eigenvalue weighted by molar-refractivity contribution is 7.93. The number of sulfone groups is 1. The van der Waals surface area contributed by atoms with Gasteiger partial charge in [-0.25, -0.2) is 16.8 Å². The molecule has 1 aromatic carbocycles. The van der Waals surface area contributed by atoms with Crippen molar-refractivity contribution in [2.45, 2.75) is 9.79 Å². The van der Waals surface area contributed by atoms with Crippen molar-refractivity contribution >= 4 is 42.1 Å². The highest BCUT2D eigenvalue weighted by Gasteiger charge is 2.22. The van der Waals surface area contributed by atoms with Gasteiger partial charge in [-0.15, -0.1) is 5.10 Å². The summed E-state index contributed by atoms with van der Waals surface area (Å²) < 4.78 is 53.7. The Morgan fingerprint density at radius 3 is 2.43 bits per heavy atom. The van der Waals surface area contributed by atoms with Crippen molar-refractivity contribution in [1.29, 1.82) is 0 Å². The van der Waals surface area contributed by atoms with Crippen molar-refractivity contribution < 1.29 is 16.8 Å². The fourth-order valence-corrected chi connectivity index (χ4v) is 4.21. The smallest absolute Gasteiger partial charge is 0.264 e. The van der Waals surface area contributed by atoms with Crippen molar-refractivity contribution in [3.8, 4) is 0 Å². The number of sulfonamides is 1. The van der Waals surface area contributed by atoms with E-state index in [0.717, 1.165) is 23.9 Å². The van der Waals surface area contributed by atoms with Gasteiger partial charge in [-0.1, -0.05) is 4.49 Å². The Hall–Kier alpha value is -1.72. The maximum absolute atomic E-state index is 12.4. The molecule has 2 rings (SSSR count). The Morgan fingerprint density at radius 2 is 1.90 bits per heavy atom. The molecule has 21 heavy (non-hydrogen) atoms. The first kappa shape index (κ1) is 15.7. The van der Waals surface area contributed by atoms with Crippen molar-refractivity contribution in [1.82, 2.24) is 9.59 Å². The summed E-state index contributed by atoms with van der Waals surface area (Å²) in [7, 11) is -5.93. The fraction of sp³-hybridized carbons (Fsp3) is 0.200. The van der Waals surface area contributed by atoms with E-state index in [9.17, 15) is 16.8 Å². The van der Waals surface area contributed by atoms with Crippen LogP contribution in [0.25, 0.3) is 0 Å². The summed E-state index contributed by atoms with van der Waals surface area (Å²) in [6.07, 6.45) is 2.28. The monoisotopic (exact) mass is 348 g/mol. The zero-order valence-corrected chi connectivity index (χ0v) is 13.5. The zero-order valence-electron chi connectivity index (χ0n) is 11.1. The second-order valence-electron chi connectivity index (χ2n) is 4.07. The summed E-state index contributed by atoms with van der Waals surface area (Å²) in [5.41, 5.74) is 0.285. The molecule has 0 aliphatic rings. The molecule has 0 amide bonds. The molecule has 114 valence electrons. The van der Waals surface area contributed by atoms with Crippen molar-refractivity contribution in [3.05, 3.63) is 24.4 Å². The third kappa shape index (κ3) is 3.49. The van der Waals surface area contributed by atoms with Crippen molar-refractivity contribution in [2.75, 3.05) is 23.3 Å². The number of rotatable bonds is 5. The van der Waals surface area contributed by atoms with Gasteiger partial charge in [0.1, 0.15) is 9.90 Å². The fourth-order valence-electron chi connectivity index (χ4n) is 1.56. The number of hydrogen-bond acceptors (Lipinski definition) is 8. The van der Waals surface area contributed by atoms with Crippen LogP contribution in [-0.2, 0) is 19.9 Å². The van der Waals surface area contributed by atoms with E-state index in [1.807, 2.05) is 0 Å². The molecule has 0 saturated heterocycles. The quantitative estimate of drug-likeness (QED) is 0.820. The van der Waals surface area contributed by atoms with E-state index in [1.54, 1.807) is 7.05 Å². The van der Waals surface area contributed by atoms with Crippen LogP contribution in [0.5, 0.6) is 0 Å². The molecule has 0 atom stereocenters. The number of benzene rings is 1. The molecule has 8 nitrogen and oxygen atoms in total. The van der Waals surface area contributed by atoms with Gasteiger partial charge in [-0.3, -0.25) is 4.72 Å². The Morgan fingerprint density at radius 1 is 1.19 bits per heavy atom. The molecule has 1 heterocycles. The Kier molecular flexibility index (Phi) is 4.16. The lowest BCUT2D eigenvalue weighted by molar-refractivity contribution is 0.600. The van der Waals surface area contributed by atoms with Crippen molar-refractivity contribution in [2.24, 2.45) is 0 Å². The molecule has 2 aromatic rings. The second kappa shape index (κ2) is 5.58. The summed E-state index contributed by atoms with van der Waals surface area (Å²) in [5, 5.41) is 6.49. The molecular formula is C10H12N4O4S3. The number of nitrogens with one attached hydrogen (secondary N) is 2. The van der Waals surface area contributed by atoms with Crippen LogP contribution < -0.4 is 10.0 Å². The summed E-state index contributed by atoms with van der Waals surface area (Å²) >= 11 is 0.878. The molecule has 0 unspecified atom stereocenters. The van der Waals surface area contributed by atoms with E-state index in [-0.39, 0.29) is 20.5 Å². The van der Waals surface area contributed by atoms with Crippen LogP contribution in [0.15, 0.2) is 34.2 Å². The minimum atomic E-state index is -3.96. The van der Waals surface area contributed by atoms with Crippen molar-refractivity contribution in [3.63, 3.8) is 0 Å². The van der Waals surface area contributed by atoms with E-state index < -0.39 is 19.9 Å².